The number of carbonyl (C=O) groups excluding carboxylic acids is 1. The van der Waals surface area contributed by atoms with Gasteiger partial charge in [-0.1, -0.05) is 41.9 Å². The lowest BCUT2D eigenvalue weighted by molar-refractivity contribution is -0.274. The van der Waals surface area contributed by atoms with Gasteiger partial charge in [0.15, 0.2) is 0 Å². The van der Waals surface area contributed by atoms with E-state index in [2.05, 4.69) is 24.8 Å². The molecular weight excluding hydrogens is 633 g/mol. The molecule has 1 amide bonds. The van der Waals surface area contributed by atoms with Crippen LogP contribution in [0.1, 0.15) is 26.3 Å². The zero-order chi connectivity index (χ0) is 32.8. The van der Waals surface area contributed by atoms with E-state index >= 15 is 0 Å². The monoisotopic (exact) mass is 660 g/mol. The number of carbonyl (C=O) groups is 1. The van der Waals surface area contributed by atoms with Gasteiger partial charge in [-0.3, -0.25) is 10.3 Å². The molecule has 0 unspecified atom stereocenters. The van der Waals surface area contributed by atoms with Gasteiger partial charge in [-0.25, -0.2) is 4.79 Å². The van der Waals surface area contributed by atoms with Crippen LogP contribution < -0.4 is 15.4 Å². The molecule has 1 aromatic heterocycles. The molecule has 14 heteroatoms. The number of sulfonamides is 1. The van der Waals surface area contributed by atoms with Crippen LogP contribution in [0, 0.1) is 0 Å². The number of amides is 1. The molecule has 0 aliphatic carbocycles. The SMILES string of the molecule is CC(C)(C)OC(=O)NC(=NS(=O)(=O)c1ccccc1)NCc1cnc(-c2ccc(OC(F)(F)F)cc2)c(-c2ccc(Cl)cc2)c1. The Balaban J connectivity index is 1.67. The van der Waals surface area contributed by atoms with E-state index in [9.17, 15) is 26.4 Å². The molecule has 2 N–H and O–H groups in total. The average molecular weight is 661 g/mol. The van der Waals surface area contributed by atoms with Gasteiger partial charge < -0.3 is 14.8 Å². The molecule has 0 fully saturated rings. The van der Waals surface area contributed by atoms with Gasteiger partial charge in [0.1, 0.15) is 11.4 Å². The molecule has 3 aromatic carbocycles. The van der Waals surface area contributed by atoms with Gasteiger partial charge in [-0.2, -0.15) is 8.42 Å². The third-order valence-corrected chi connectivity index (χ3v) is 7.34. The van der Waals surface area contributed by atoms with Gasteiger partial charge in [0.2, 0.25) is 5.96 Å². The number of alkyl carbamates (subject to hydrolysis) is 1. The van der Waals surface area contributed by atoms with E-state index in [0.717, 1.165) is 0 Å². The van der Waals surface area contributed by atoms with E-state index in [0.29, 0.717) is 33.0 Å². The topological polar surface area (TPSA) is 119 Å². The number of alkyl halides is 3. The van der Waals surface area contributed by atoms with E-state index < -0.39 is 28.1 Å². The highest BCUT2D eigenvalue weighted by Gasteiger charge is 2.31. The van der Waals surface area contributed by atoms with E-state index in [-0.39, 0.29) is 23.1 Å². The van der Waals surface area contributed by atoms with E-state index in [1.54, 1.807) is 69.3 Å². The van der Waals surface area contributed by atoms with Gasteiger partial charge in [-0.05, 0) is 86.5 Å². The summed E-state index contributed by atoms with van der Waals surface area (Å²) in [5, 5.41) is 5.68. The number of rotatable bonds is 7. The molecule has 0 aliphatic rings. The van der Waals surface area contributed by atoms with Crippen LogP contribution in [0.3, 0.4) is 0 Å². The largest absolute Gasteiger partial charge is 0.573 e. The Morgan fingerprint density at radius 2 is 1.56 bits per heavy atom. The minimum Gasteiger partial charge on any atom is -0.444 e. The highest BCUT2D eigenvalue weighted by Crippen LogP contribution is 2.33. The predicted molar refractivity (Wildman–Crippen MR) is 164 cm³/mol. The summed E-state index contributed by atoms with van der Waals surface area (Å²) in [6.45, 7) is 4.92. The molecule has 0 bridgehead atoms. The quantitative estimate of drug-likeness (QED) is 0.157. The first kappa shape index (κ1) is 33.3. The molecule has 1 heterocycles. The minimum absolute atomic E-state index is 0.0365. The molecule has 0 aliphatic heterocycles. The molecule has 0 atom stereocenters. The third kappa shape index (κ3) is 9.95. The van der Waals surface area contributed by atoms with Gasteiger partial charge >= 0.3 is 12.5 Å². The predicted octanol–water partition coefficient (Wildman–Crippen LogP) is 7.33. The number of aromatic nitrogens is 1. The van der Waals surface area contributed by atoms with Gasteiger partial charge in [0, 0.05) is 28.9 Å². The van der Waals surface area contributed by atoms with E-state index in [1.165, 1.54) is 42.6 Å². The first-order chi connectivity index (χ1) is 21.1. The Bertz CT molecular complexity index is 1780. The van der Waals surface area contributed by atoms with Crippen molar-refractivity contribution in [3.8, 4) is 28.1 Å². The summed E-state index contributed by atoms with van der Waals surface area (Å²) in [6, 6.07) is 21.4. The Labute approximate surface area is 263 Å². The molecule has 45 heavy (non-hydrogen) atoms. The van der Waals surface area contributed by atoms with Crippen LogP contribution in [0.2, 0.25) is 5.02 Å². The van der Waals surface area contributed by atoms with Crippen molar-refractivity contribution >= 4 is 33.7 Å². The molecule has 0 radical (unpaired) electrons. The molecule has 0 spiro atoms. The van der Waals surface area contributed by atoms with Gasteiger partial charge in [0.05, 0.1) is 10.6 Å². The first-order valence-corrected chi connectivity index (χ1v) is 15.1. The first-order valence-electron chi connectivity index (χ1n) is 13.3. The second-order valence-electron chi connectivity index (χ2n) is 10.5. The summed E-state index contributed by atoms with van der Waals surface area (Å²) >= 11 is 6.08. The van der Waals surface area contributed by atoms with Crippen LogP contribution in [0.4, 0.5) is 18.0 Å². The lowest BCUT2D eigenvalue weighted by Crippen LogP contribution is -2.43. The fourth-order valence-electron chi connectivity index (χ4n) is 3.95. The number of hydrogen-bond acceptors (Lipinski definition) is 6. The number of nitrogens with one attached hydrogen (secondary N) is 2. The smallest absolute Gasteiger partial charge is 0.444 e. The average Bonchev–Trinajstić information content (AvgIpc) is 2.95. The summed E-state index contributed by atoms with van der Waals surface area (Å²) in [7, 11) is -4.22. The maximum absolute atomic E-state index is 13.0. The van der Waals surface area contributed by atoms with Gasteiger partial charge in [-0.15, -0.1) is 17.6 Å². The summed E-state index contributed by atoms with van der Waals surface area (Å²) < 4.78 is 76.9. The van der Waals surface area contributed by atoms with E-state index in [4.69, 9.17) is 16.3 Å². The van der Waals surface area contributed by atoms with Crippen molar-refractivity contribution in [2.24, 2.45) is 4.40 Å². The molecule has 0 saturated heterocycles. The number of ether oxygens (including phenoxy) is 2. The Morgan fingerprint density at radius 1 is 0.933 bits per heavy atom. The maximum Gasteiger partial charge on any atom is 0.573 e. The lowest BCUT2D eigenvalue weighted by atomic mass is 9.98. The fraction of sp³-hybridized carbons (Fsp3) is 0.194. The second-order valence-corrected chi connectivity index (χ2v) is 12.6. The Morgan fingerprint density at radius 3 is 2.16 bits per heavy atom. The van der Waals surface area contributed by atoms with Crippen molar-refractivity contribution in [2.45, 2.75) is 44.2 Å². The van der Waals surface area contributed by atoms with Crippen LogP contribution in [-0.4, -0.2) is 37.4 Å². The molecule has 0 saturated carbocycles. The van der Waals surface area contributed by atoms with Crippen LogP contribution in [0.25, 0.3) is 22.4 Å². The van der Waals surface area contributed by atoms with Crippen LogP contribution >= 0.6 is 11.6 Å². The van der Waals surface area contributed by atoms with Gasteiger partial charge in [0.25, 0.3) is 10.0 Å². The fourth-order valence-corrected chi connectivity index (χ4v) is 5.03. The van der Waals surface area contributed by atoms with Crippen molar-refractivity contribution in [1.82, 2.24) is 15.6 Å². The molecule has 236 valence electrons. The summed E-state index contributed by atoms with van der Waals surface area (Å²) in [5.74, 6) is -0.764. The standard InChI is InChI=1S/C31H28ClF3N4O5S/c1-30(2,3)44-29(40)38-28(39-45(41,42)25-7-5-4-6-8-25)37-19-20-17-26(21-9-13-23(32)14-10-21)27(36-18-20)22-11-15-24(16-12-22)43-31(33,34)35/h4-18H,19H2,1-3H3,(H2,37,38,39,40). The highest BCUT2D eigenvalue weighted by atomic mass is 35.5. The maximum atomic E-state index is 13.0. The van der Waals surface area contributed by atoms with Crippen LogP contribution in [-0.2, 0) is 21.3 Å². The summed E-state index contributed by atoms with van der Waals surface area (Å²) in [6.07, 6.45) is -4.26. The third-order valence-electron chi connectivity index (χ3n) is 5.79. The highest BCUT2D eigenvalue weighted by molar-refractivity contribution is 7.90. The normalized spacial score (nSPS) is 12.4. The number of nitrogens with zero attached hydrogens (tertiary/aromatic N) is 2. The minimum atomic E-state index is -4.83. The number of halogens is 4. The zero-order valence-corrected chi connectivity index (χ0v) is 25.8. The second kappa shape index (κ2) is 13.6. The van der Waals surface area contributed by atoms with Crippen LogP contribution in [0.15, 0.2) is 100 Å². The molecular formula is C31H28ClF3N4O5S. The summed E-state index contributed by atoms with van der Waals surface area (Å²) in [5.41, 5.74) is 1.95. The molecule has 4 aromatic rings. The van der Waals surface area contributed by atoms with Crippen molar-refractivity contribution in [3.63, 3.8) is 0 Å². The van der Waals surface area contributed by atoms with E-state index in [1.807, 2.05) is 0 Å². The number of pyridine rings is 1. The molecule has 9 nitrogen and oxygen atoms in total. The number of guanidine groups is 1. The Hall–Kier alpha value is -4.62. The van der Waals surface area contributed by atoms with Crippen molar-refractivity contribution < 1.29 is 35.9 Å². The summed E-state index contributed by atoms with van der Waals surface area (Å²) in [4.78, 5) is 17.0. The lowest BCUT2D eigenvalue weighted by Gasteiger charge is -2.20. The zero-order valence-electron chi connectivity index (χ0n) is 24.2. The van der Waals surface area contributed by atoms with Crippen molar-refractivity contribution in [1.29, 1.82) is 0 Å². The number of benzene rings is 3. The number of hydrogen-bond donors (Lipinski definition) is 2. The Kier molecular flexibility index (Phi) is 10.0. The van der Waals surface area contributed by atoms with Crippen LogP contribution in [0.5, 0.6) is 5.75 Å². The molecule has 4 rings (SSSR count). The van der Waals surface area contributed by atoms with Crippen molar-refractivity contribution in [2.75, 3.05) is 0 Å². The van der Waals surface area contributed by atoms with Crippen molar-refractivity contribution in [3.05, 3.63) is 102 Å².